The summed E-state index contributed by atoms with van der Waals surface area (Å²) in [6.07, 6.45) is 7.67. The molecule has 6 aromatic heterocycles. The molecule has 0 atom stereocenters. The van der Waals surface area contributed by atoms with Crippen molar-refractivity contribution in [1.29, 1.82) is 0 Å². The summed E-state index contributed by atoms with van der Waals surface area (Å²) >= 11 is 0. The van der Waals surface area contributed by atoms with Gasteiger partial charge in [0.25, 0.3) is 0 Å². The molecular formula is C33H26N6O2. The SMILES string of the molecule is c1ccc(-c2cc(OCCCOc3cc(-c4ccccn4)nc(-c4ccccn4)c3)cc(-c3ccccn3)n2)nc1. The highest BCUT2D eigenvalue weighted by Gasteiger charge is 2.11. The molecule has 0 fully saturated rings. The van der Waals surface area contributed by atoms with Gasteiger partial charge in [0.1, 0.15) is 11.5 Å². The van der Waals surface area contributed by atoms with Gasteiger partial charge < -0.3 is 9.47 Å². The molecule has 6 rings (SSSR count). The van der Waals surface area contributed by atoms with Crippen LogP contribution in [0.25, 0.3) is 45.6 Å². The van der Waals surface area contributed by atoms with Crippen LogP contribution in [0.1, 0.15) is 6.42 Å². The molecule has 200 valence electrons. The Bertz CT molecular complexity index is 1460. The third-order valence-electron chi connectivity index (χ3n) is 6.13. The van der Waals surface area contributed by atoms with Crippen LogP contribution < -0.4 is 9.47 Å². The molecule has 6 aromatic rings. The molecule has 6 heterocycles. The number of nitrogens with zero attached hydrogens (tertiary/aromatic N) is 6. The summed E-state index contributed by atoms with van der Waals surface area (Å²) in [6, 6.07) is 30.6. The molecule has 8 heteroatoms. The first-order chi connectivity index (χ1) is 20.3. The quantitative estimate of drug-likeness (QED) is 0.181. The molecule has 0 saturated heterocycles. The Balaban J connectivity index is 1.16. The smallest absolute Gasteiger partial charge is 0.123 e. The van der Waals surface area contributed by atoms with Crippen molar-refractivity contribution >= 4 is 0 Å². The Labute approximate surface area is 237 Å². The van der Waals surface area contributed by atoms with E-state index < -0.39 is 0 Å². The van der Waals surface area contributed by atoms with Crippen LogP contribution in [0, 0.1) is 0 Å². The minimum atomic E-state index is 0.457. The predicted molar refractivity (Wildman–Crippen MR) is 157 cm³/mol. The van der Waals surface area contributed by atoms with Gasteiger partial charge in [-0.05, 0) is 48.5 Å². The number of hydrogen-bond donors (Lipinski definition) is 0. The largest absolute Gasteiger partial charge is 0.493 e. The van der Waals surface area contributed by atoms with Crippen molar-refractivity contribution < 1.29 is 9.47 Å². The van der Waals surface area contributed by atoms with Gasteiger partial charge in [-0.3, -0.25) is 19.9 Å². The molecule has 0 spiro atoms. The maximum absolute atomic E-state index is 6.15. The van der Waals surface area contributed by atoms with E-state index in [1.807, 2.05) is 97.1 Å². The van der Waals surface area contributed by atoms with Crippen LogP contribution in [-0.2, 0) is 0 Å². The van der Waals surface area contributed by atoms with Crippen LogP contribution in [0.4, 0.5) is 0 Å². The first-order valence-corrected chi connectivity index (χ1v) is 13.3. The zero-order chi connectivity index (χ0) is 27.7. The first kappa shape index (κ1) is 25.8. The monoisotopic (exact) mass is 538 g/mol. The summed E-state index contributed by atoms with van der Waals surface area (Å²) in [5, 5.41) is 0. The normalized spacial score (nSPS) is 10.7. The standard InChI is InChI=1S/C33H26N6O2/c1-5-14-34-26(10-1)30-20-24(21-31(38-30)27-11-2-6-15-35-27)40-18-9-19-41-25-22-32(28-12-3-7-16-36-28)39-33(23-25)29-13-4-8-17-37-29/h1-8,10-17,20-23H,9,18-19H2. The fraction of sp³-hybridized carbons (Fsp3) is 0.0909. The maximum Gasteiger partial charge on any atom is 0.123 e. The van der Waals surface area contributed by atoms with E-state index >= 15 is 0 Å². The van der Waals surface area contributed by atoms with E-state index in [0.29, 0.717) is 31.1 Å². The van der Waals surface area contributed by atoms with E-state index in [-0.39, 0.29) is 0 Å². The zero-order valence-electron chi connectivity index (χ0n) is 22.2. The summed E-state index contributed by atoms with van der Waals surface area (Å²) in [7, 11) is 0. The Morgan fingerprint density at radius 1 is 0.390 bits per heavy atom. The lowest BCUT2D eigenvalue weighted by Crippen LogP contribution is -2.06. The molecule has 0 amide bonds. The van der Waals surface area contributed by atoms with Gasteiger partial charge in [0.15, 0.2) is 0 Å². The summed E-state index contributed by atoms with van der Waals surface area (Å²) < 4.78 is 12.3. The highest BCUT2D eigenvalue weighted by molar-refractivity contribution is 5.65. The van der Waals surface area contributed by atoms with Crippen LogP contribution in [0.3, 0.4) is 0 Å². The van der Waals surface area contributed by atoms with E-state index in [4.69, 9.17) is 19.4 Å². The lowest BCUT2D eigenvalue weighted by molar-refractivity contribution is 0.247. The van der Waals surface area contributed by atoms with Gasteiger partial charge in [0, 0.05) is 55.5 Å². The summed E-state index contributed by atoms with van der Waals surface area (Å²) in [5.74, 6) is 1.39. The zero-order valence-corrected chi connectivity index (χ0v) is 22.2. The van der Waals surface area contributed by atoms with Gasteiger partial charge in [-0.1, -0.05) is 24.3 Å². The second-order valence-electron chi connectivity index (χ2n) is 9.06. The van der Waals surface area contributed by atoms with Gasteiger partial charge in [-0.2, -0.15) is 0 Å². The summed E-state index contributed by atoms with van der Waals surface area (Å²) in [4.78, 5) is 27.4. The van der Waals surface area contributed by atoms with Crippen molar-refractivity contribution in [3.05, 3.63) is 122 Å². The van der Waals surface area contributed by atoms with E-state index in [9.17, 15) is 0 Å². The second kappa shape index (κ2) is 12.6. The average Bonchev–Trinajstić information content (AvgIpc) is 3.06. The third kappa shape index (κ3) is 6.57. The molecule has 41 heavy (non-hydrogen) atoms. The van der Waals surface area contributed by atoms with Gasteiger partial charge in [-0.25, -0.2) is 9.97 Å². The van der Waals surface area contributed by atoms with E-state index in [2.05, 4.69) is 19.9 Å². The Hall–Kier alpha value is -5.50. The topological polar surface area (TPSA) is 95.8 Å². The molecule has 0 radical (unpaired) electrons. The average molecular weight is 539 g/mol. The molecule has 8 nitrogen and oxygen atoms in total. The Morgan fingerprint density at radius 2 is 0.707 bits per heavy atom. The maximum atomic E-state index is 6.15. The number of pyridine rings is 6. The number of rotatable bonds is 10. The van der Waals surface area contributed by atoms with E-state index in [1.54, 1.807) is 24.8 Å². The molecule has 0 saturated carbocycles. The molecule has 0 N–H and O–H groups in total. The van der Waals surface area contributed by atoms with Crippen LogP contribution in [0.5, 0.6) is 11.5 Å². The molecule has 0 aliphatic carbocycles. The van der Waals surface area contributed by atoms with E-state index in [1.165, 1.54) is 0 Å². The van der Waals surface area contributed by atoms with Crippen LogP contribution in [-0.4, -0.2) is 43.1 Å². The minimum Gasteiger partial charge on any atom is -0.493 e. The lowest BCUT2D eigenvalue weighted by atomic mass is 10.2. The van der Waals surface area contributed by atoms with Crippen molar-refractivity contribution in [1.82, 2.24) is 29.9 Å². The molecule has 0 aliphatic rings. The lowest BCUT2D eigenvalue weighted by Gasteiger charge is -2.12. The second-order valence-corrected chi connectivity index (χ2v) is 9.06. The van der Waals surface area contributed by atoms with Gasteiger partial charge in [0.05, 0.1) is 58.8 Å². The van der Waals surface area contributed by atoms with Crippen molar-refractivity contribution in [3.8, 4) is 57.1 Å². The minimum absolute atomic E-state index is 0.457. The van der Waals surface area contributed by atoms with Crippen molar-refractivity contribution in [2.45, 2.75) is 6.42 Å². The first-order valence-electron chi connectivity index (χ1n) is 13.3. The van der Waals surface area contributed by atoms with Crippen LogP contribution in [0.15, 0.2) is 122 Å². The van der Waals surface area contributed by atoms with Gasteiger partial charge in [-0.15, -0.1) is 0 Å². The molecule has 0 unspecified atom stereocenters. The summed E-state index contributed by atoms with van der Waals surface area (Å²) in [6.45, 7) is 0.914. The van der Waals surface area contributed by atoms with Crippen LogP contribution >= 0.6 is 0 Å². The highest BCUT2D eigenvalue weighted by atomic mass is 16.5. The Morgan fingerprint density at radius 3 is 0.976 bits per heavy atom. The molecule has 0 bridgehead atoms. The molecular weight excluding hydrogens is 512 g/mol. The van der Waals surface area contributed by atoms with Gasteiger partial charge >= 0.3 is 0 Å². The van der Waals surface area contributed by atoms with Crippen molar-refractivity contribution in [2.75, 3.05) is 13.2 Å². The van der Waals surface area contributed by atoms with Crippen molar-refractivity contribution in [2.24, 2.45) is 0 Å². The summed E-state index contributed by atoms with van der Waals surface area (Å²) in [5.41, 5.74) is 5.96. The fourth-order valence-corrected chi connectivity index (χ4v) is 4.20. The highest BCUT2D eigenvalue weighted by Crippen LogP contribution is 2.28. The van der Waals surface area contributed by atoms with Crippen LogP contribution in [0.2, 0.25) is 0 Å². The number of aromatic nitrogens is 6. The Kier molecular flexibility index (Phi) is 7.90. The van der Waals surface area contributed by atoms with E-state index in [0.717, 1.165) is 45.6 Å². The third-order valence-corrected chi connectivity index (χ3v) is 6.13. The fourth-order valence-electron chi connectivity index (χ4n) is 4.20. The molecule has 0 aliphatic heterocycles. The number of hydrogen-bond acceptors (Lipinski definition) is 8. The van der Waals surface area contributed by atoms with Gasteiger partial charge in [0.2, 0.25) is 0 Å². The van der Waals surface area contributed by atoms with Crippen molar-refractivity contribution in [3.63, 3.8) is 0 Å². The predicted octanol–water partition coefficient (Wildman–Crippen LogP) is 6.57. The molecule has 0 aromatic carbocycles. The number of ether oxygens (including phenoxy) is 2.